The summed E-state index contributed by atoms with van der Waals surface area (Å²) in [7, 11) is 0. The van der Waals surface area contributed by atoms with Crippen LogP contribution in [0.15, 0.2) is 35.5 Å². The van der Waals surface area contributed by atoms with Crippen molar-refractivity contribution >= 4 is 11.5 Å². The number of Topliss-reactive ketones (excluding diaryl/α,β-unsaturated/α-hetero) is 1. The lowest BCUT2D eigenvalue weighted by Crippen LogP contribution is -2.35. The fourth-order valence-corrected chi connectivity index (χ4v) is 5.21. The maximum atomic E-state index is 12.3. The zero-order valence-electron chi connectivity index (χ0n) is 14.7. The molecular weight excluding hydrogens is 314 g/mol. The van der Waals surface area contributed by atoms with Crippen LogP contribution in [0.1, 0.15) is 49.7 Å². The molecule has 0 amide bonds. The second kappa shape index (κ2) is 6.32. The molecule has 2 saturated carbocycles. The molecule has 4 atom stereocenters. The normalized spacial score (nSPS) is 32.0. The number of hydrogen-bond donors (Lipinski definition) is 1. The number of aryl methyl sites for hydroxylation is 1. The predicted molar refractivity (Wildman–Crippen MR) is 96.4 cm³/mol. The molecule has 25 heavy (non-hydrogen) atoms. The first-order valence-electron chi connectivity index (χ1n) is 9.23. The number of carbonyl (C=O) groups excluding carboxylic acids is 1. The average Bonchev–Trinajstić information content (AvgIpc) is 2.95. The molecule has 3 aliphatic rings. The van der Waals surface area contributed by atoms with Crippen LogP contribution in [0.25, 0.3) is 0 Å². The molecule has 2 fully saturated rings. The molecule has 0 aromatic heterocycles. The van der Waals surface area contributed by atoms with Gasteiger partial charge in [-0.15, -0.1) is 0 Å². The summed E-state index contributed by atoms with van der Waals surface area (Å²) in [6.45, 7) is 6.40. The summed E-state index contributed by atoms with van der Waals surface area (Å²) in [6, 6.07) is 6.47. The fraction of sp³-hybridized carbons (Fsp3) is 0.524. The van der Waals surface area contributed by atoms with Crippen molar-refractivity contribution in [3.8, 4) is 5.75 Å². The molecule has 4 nitrogen and oxygen atoms in total. The third-order valence-electron chi connectivity index (χ3n) is 6.29. The van der Waals surface area contributed by atoms with Gasteiger partial charge in [0.05, 0.1) is 0 Å². The van der Waals surface area contributed by atoms with E-state index in [2.05, 4.69) is 29.9 Å². The summed E-state index contributed by atoms with van der Waals surface area (Å²) in [5, 5.41) is 12.4. The Kier molecular flexibility index (Phi) is 4.14. The Morgan fingerprint density at radius 3 is 2.84 bits per heavy atom. The van der Waals surface area contributed by atoms with Crippen LogP contribution in [0, 0.1) is 17.8 Å². The first-order valence-corrected chi connectivity index (χ1v) is 9.23. The van der Waals surface area contributed by atoms with E-state index in [1.165, 1.54) is 11.1 Å². The van der Waals surface area contributed by atoms with Gasteiger partial charge in [0, 0.05) is 12.3 Å². The van der Waals surface area contributed by atoms with E-state index in [0.717, 1.165) is 37.0 Å². The predicted octanol–water partition coefficient (Wildman–Crippen LogP) is 4.12. The van der Waals surface area contributed by atoms with Crippen LogP contribution in [0.2, 0.25) is 0 Å². The zero-order chi connectivity index (χ0) is 17.6. The molecule has 3 aliphatic carbocycles. The van der Waals surface area contributed by atoms with Gasteiger partial charge in [-0.2, -0.15) is 0 Å². The van der Waals surface area contributed by atoms with Gasteiger partial charge in [-0.1, -0.05) is 17.8 Å². The number of ketones is 1. The average molecular weight is 339 g/mol. The number of benzene rings is 1. The van der Waals surface area contributed by atoms with Crippen molar-refractivity contribution in [3.05, 3.63) is 41.5 Å². The van der Waals surface area contributed by atoms with E-state index < -0.39 is 0 Å². The van der Waals surface area contributed by atoms with Crippen LogP contribution in [-0.2, 0) is 11.2 Å². The fourth-order valence-electron chi connectivity index (χ4n) is 5.21. The molecule has 0 aliphatic heterocycles. The first-order chi connectivity index (χ1) is 12.1. The Morgan fingerprint density at radius 1 is 1.28 bits per heavy atom. The highest BCUT2D eigenvalue weighted by atomic mass is 16.5. The van der Waals surface area contributed by atoms with Gasteiger partial charge in [0.1, 0.15) is 18.1 Å². The summed E-state index contributed by atoms with van der Waals surface area (Å²) in [4.78, 5) is 12.3. The van der Waals surface area contributed by atoms with Gasteiger partial charge in [0.25, 0.3) is 0 Å². The monoisotopic (exact) mass is 339 g/mol. The van der Waals surface area contributed by atoms with Gasteiger partial charge in [-0.3, -0.25) is 4.79 Å². The number of carbonyl (C=O) groups is 1. The summed E-state index contributed by atoms with van der Waals surface area (Å²) < 4.78 is 5.79. The molecule has 1 N–H and O–H groups in total. The van der Waals surface area contributed by atoms with Crippen LogP contribution in [-0.4, -0.2) is 23.3 Å². The van der Waals surface area contributed by atoms with Crippen LogP contribution in [0.4, 0.5) is 0 Å². The highest BCUT2D eigenvalue weighted by molar-refractivity contribution is 6.42. The van der Waals surface area contributed by atoms with E-state index in [1.54, 1.807) is 0 Å². The van der Waals surface area contributed by atoms with E-state index in [1.807, 2.05) is 6.92 Å². The van der Waals surface area contributed by atoms with Crippen LogP contribution in [0.5, 0.6) is 5.75 Å². The van der Waals surface area contributed by atoms with Crippen molar-refractivity contribution in [2.75, 3.05) is 6.61 Å². The largest absolute Gasteiger partial charge is 0.489 e. The second-order valence-electron chi connectivity index (χ2n) is 7.88. The number of fused-ring (bicyclic) bond motifs is 5. The quantitative estimate of drug-likeness (QED) is 0.512. The van der Waals surface area contributed by atoms with Gasteiger partial charge in [0.2, 0.25) is 0 Å². The third-order valence-corrected chi connectivity index (χ3v) is 6.29. The summed E-state index contributed by atoms with van der Waals surface area (Å²) in [5.74, 6) is 2.47. The maximum Gasteiger partial charge on any atom is 0.183 e. The van der Waals surface area contributed by atoms with E-state index in [9.17, 15) is 4.79 Å². The first kappa shape index (κ1) is 16.4. The summed E-state index contributed by atoms with van der Waals surface area (Å²) >= 11 is 0. The minimum absolute atomic E-state index is 0.0758. The van der Waals surface area contributed by atoms with Crippen LogP contribution >= 0.6 is 0 Å². The Labute approximate surface area is 148 Å². The van der Waals surface area contributed by atoms with Crippen molar-refractivity contribution in [3.63, 3.8) is 0 Å². The van der Waals surface area contributed by atoms with Crippen LogP contribution in [0.3, 0.4) is 0 Å². The molecule has 0 saturated heterocycles. The minimum Gasteiger partial charge on any atom is -0.489 e. The highest BCUT2D eigenvalue weighted by Gasteiger charge is 2.50. The molecular formula is C21H25NO3. The molecule has 1 aromatic carbocycles. The maximum absolute atomic E-state index is 12.3. The SMILES string of the molecule is C=C(C)COc1ccc2c(c1)CCC1C2CCC2C(=O)/C(=N/O)CC21. The lowest BCUT2D eigenvalue weighted by atomic mass is 9.61. The van der Waals surface area contributed by atoms with Crippen molar-refractivity contribution in [2.45, 2.75) is 44.9 Å². The molecule has 4 unspecified atom stereocenters. The Morgan fingerprint density at radius 2 is 2.08 bits per heavy atom. The molecule has 4 heteroatoms. The van der Waals surface area contributed by atoms with Crippen molar-refractivity contribution in [1.82, 2.24) is 0 Å². The topological polar surface area (TPSA) is 58.9 Å². The molecule has 1 aromatic rings. The smallest absolute Gasteiger partial charge is 0.183 e. The third kappa shape index (κ3) is 2.78. The van der Waals surface area contributed by atoms with Crippen molar-refractivity contribution in [1.29, 1.82) is 0 Å². The van der Waals surface area contributed by atoms with Crippen molar-refractivity contribution in [2.24, 2.45) is 22.9 Å². The van der Waals surface area contributed by atoms with E-state index in [4.69, 9.17) is 9.94 Å². The van der Waals surface area contributed by atoms with Crippen LogP contribution < -0.4 is 4.74 Å². The lowest BCUT2D eigenvalue weighted by molar-refractivity contribution is -0.118. The van der Waals surface area contributed by atoms with Gasteiger partial charge in [0.15, 0.2) is 5.78 Å². The molecule has 0 spiro atoms. The number of oxime groups is 1. The number of hydrogen-bond acceptors (Lipinski definition) is 4. The second-order valence-corrected chi connectivity index (χ2v) is 7.88. The summed E-state index contributed by atoms with van der Waals surface area (Å²) in [6.07, 6.45) is 4.75. The minimum atomic E-state index is 0.0758. The Bertz CT molecular complexity index is 752. The zero-order valence-corrected chi connectivity index (χ0v) is 14.7. The molecule has 4 rings (SSSR count). The molecule has 0 bridgehead atoms. The van der Waals surface area contributed by atoms with Gasteiger partial charge in [-0.25, -0.2) is 0 Å². The molecule has 132 valence electrons. The molecule has 0 heterocycles. The van der Waals surface area contributed by atoms with Gasteiger partial charge in [-0.05, 0) is 79.2 Å². The van der Waals surface area contributed by atoms with E-state index >= 15 is 0 Å². The number of nitrogens with zero attached hydrogens (tertiary/aromatic N) is 1. The molecule has 0 radical (unpaired) electrons. The van der Waals surface area contributed by atoms with Gasteiger partial charge < -0.3 is 9.94 Å². The number of rotatable bonds is 3. The standard InChI is InChI=1S/C21H25NO3/c1-12(2)11-25-14-4-6-15-13(9-14)3-5-17-16(15)7-8-18-19(17)10-20(22-24)21(18)23/h4,6,9,16-19,24H,1,3,5,7-8,10-11H2,2H3/b22-20+. The number of ether oxygens (including phenoxy) is 1. The lowest BCUT2D eigenvalue weighted by Gasteiger charge is -2.43. The Balaban J connectivity index is 1.57. The van der Waals surface area contributed by atoms with E-state index in [0.29, 0.717) is 36.5 Å². The summed E-state index contributed by atoms with van der Waals surface area (Å²) in [5.41, 5.74) is 4.23. The van der Waals surface area contributed by atoms with Crippen molar-refractivity contribution < 1.29 is 14.7 Å². The van der Waals surface area contributed by atoms with Gasteiger partial charge >= 0.3 is 0 Å². The Hall–Kier alpha value is -2.10. The highest BCUT2D eigenvalue weighted by Crippen LogP contribution is 2.53. The van der Waals surface area contributed by atoms with E-state index in [-0.39, 0.29) is 11.7 Å².